The molecule has 0 radical (unpaired) electrons. The Morgan fingerprint density at radius 3 is 2.86 bits per heavy atom. The van der Waals surface area contributed by atoms with Crippen LogP contribution < -0.4 is 0 Å². The molecule has 0 N–H and O–H groups in total. The van der Waals surface area contributed by atoms with Gasteiger partial charge >= 0.3 is 5.97 Å². The van der Waals surface area contributed by atoms with Crippen LogP contribution in [0.15, 0.2) is 12.5 Å². The van der Waals surface area contributed by atoms with Crippen molar-refractivity contribution in [1.82, 2.24) is 9.55 Å². The molecule has 4 rings (SSSR count). The molecule has 3 saturated carbocycles. The average Bonchev–Trinajstić information content (AvgIpc) is 3.02. The SMILES string of the molecule is CCOC(=O)c1cn(C2C3CCCC4CC2CC4C3)cn1. The second kappa shape index (κ2) is 5.15. The van der Waals surface area contributed by atoms with E-state index in [1.165, 1.54) is 38.5 Å². The molecule has 0 aromatic carbocycles. The van der Waals surface area contributed by atoms with Gasteiger partial charge in [-0.15, -0.1) is 0 Å². The van der Waals surface area contributed by atoms with E-state index in [0.717, 1.165) is 23.7 Å². The number of esters is 1. The molecule has 3 bridgehead atoms. The summed E-state index contributed by atoms with van der Waals surface area (Å²) in [5.41, 5.74) is 0.462. The Kier molecular flexibility index (Phi) is 3.27. The maximum Gasteiger partial charge on any atom is 0.358 e. The summed E-state index contributed by atoms with van der Waals surface area (Å²) in [6.07, 6.45) is 12.1. The smallest absolute Gasteiger partial charge is 0.358 e. The lowest BCUT2D eigenvalue weighted by Gasteiger charge is -2.37. The molecule has 1 heterocycles. The van der Waals surface area contributed by atoms with Crippen LogP contribution in [0.2, 0.25) is 0 Å². The number of rotatable bonds is 3. The number of fused-ring (bicyclic) bond motifs is 2. The lowest BCUT2D eigenvalue weighted by atomic mass is 9.75. The lowest BCUT2D eigenvalue weighted by molar-refractivity contribution is 0.0519. The van der Waals surface area contributed by atoms with Gasteiger partial charge in [0.15, 0.2) is 5.69 Å². The van der Waals surface area contributed by atoms with E-state index in [-0.39, 0.29) is 5.97 Å². The van der Waals surface area contributed by atoms with Crippen molar-refractivity contribution < 1.29 is 9.53 Å². The normalized spacial score (nSPS) is 37.5. The van der Waals surface area contributed by atoms with Crippen molar-refractivity contribution in [2.75, 3.05) is 6.61 Å². The maximum atomic E-state index is 11.8. The van der Waals surface area contributed by atoms with Crippen LogP contribution in [0, 0.1) is 23.7 Å². The van der Waals surface area contributed by atoms with Gasteiger partial charge in [0.2, 0.25) is 0 Å². The molecule has 0 aliphatic heterocycles. The number of carbonyl (C=O) groups is 1. The fraction of sp³-hybridized carbons (Fsp3) is 0.765. The zero-order valence-corrected chi connectivity index (χ0v) is 12.7. The Bertz CT molecular complexity index is 539. The first-order valence-corrected chi connectivity index (χ1v) is 8.47. The van der Waals surface area contributed by atoms with Crippen LogP contribution in [-0.4, -0.2) is 22.1 Å². The number of hydrogen-bond acceptors (Lipinski definition) is 3. The maximum absolute atomic E-state index is 11.8. The highest BCUT2D eigenvalue weighted by molar-refractivity contribution is 5.86. The fourth-order valence-corrected chi connectivity index (χ4v) is 5.32. The molecule has 114 valence electrons. The zero-order chi connectivity index (χ0) is 14.4. The van der Waals surface area contributed by atoms with E-state index in [0.29, 0.717) is 18.3 Å². The van der Waals surface area contributed by atoms with Gasteiger partial charge in [0.1, 0.15) is 0 Å². The quantitative estimate of drug-likeness (QED) is 0.800. The summed E-state index contributed by atoms with van der Waals surface area (Å²) in [6, 6.07) is 0.558. The van der Waals surface area contributed by atoms with Crippen molar-refractivity contribution in [3.8, 4) is 0 Å². The predicted octanol–water partition coefficient (Wildman–Crippen LogP) is 3.45. The van der Waals surface area contributed by atoms with E-state index in [2.05, 4.69) is 9.55 Å². The third kappa shape index (κ3) is 2.19. The van der Waals surface area contributed by atoms with Gasteiger partial charge in [-0.1, -0.05) is 12.8 Å². The van der Waals surface area contributed by atoms with Crippen LogP contribution in [-0.2, 0) is 4.74 Å². The molecule has 0 saturated heterocycles. The molecule has 5 unspecified atom stereocenters. The molecule has 0 spiro atoms. The Hall–Kier alpha value is -1.32. The van der Waals surface area contributed by atoms with Gasteiger partial charge in [0, 0.05) is 12.2 Å². The largest absolute Gasteiger partial charge is 0.461 e. The second-order valence-electron chi connectivity index (χ2n) is 7.10. The van der Waals surface area contributed by atoms with Crippen LogP contribution >= 0.6 is 0 Å². The first-order valence-electron chi connectivity index (χ1n) is 8.47. The molecule has 1 aromatic heterocycles. The molecule has 4 heteroatoms. The summed E-state index contributed by atoms with van der Waals surface area (Å²) >= 11 is 0. The first kappa shape index (κ1) is 13.4. The topological polar surface area (TPSA) is 44.1 Å². The Morgan fingerprint density at radius 2 is 2.00 bits per heavy atom. The van der Waals surface area contributed by atoms with E-state index in [1.54, 1.807) is 0 Å². The molecule has 5 atom stereocenters. The second-order valence-corrected chi connectivity index (χ2v) is 7.10. The average molecular weight is 288 g/mol. The molecular weight excluding hydrogens is 264 g/mol. The highest BCUT2D eigenvalue weighted by Crippen LogP contribution is 2.57. The fourth-order valence-electron chi connectivity index (χ4n) is 5.32. The van der Waals surface area contributed by atoms with Crippen molar-refractivity contribution in [2.24, 2.45) is 23.7 Å². The van der Waals surface area contributed by atoms with E-state index in [9.17, 15) is 4.79 Å². The minimum atomic E-state index is -0.294. The van der Waals surface area contributed by atoms with Crippen molar-refractivity contribution >= 4 is 5.97 Å². The van der Waals surface area contributed by atoms with Crippen molar-refractivity contribution in [3.63, 3.8) is 0 Å². The van der Waals surface area contributed by atoms with Crippen LogP contribution in [0.4, 0.5) is 0 Å². The van der Waals surface area contributed by atoms with Crippen LogP contribution in [0.25, 0.3) is 0 Å². The summed E-state index contributed by atoms with van der Waals surface area (Å²) in [7, 11) is 0. The number of carbonyl (C=O) groups excluding carboxylic acids is 1. The summed E-state index contributed by atoms with van der Waals surface area (Å²) in [5, 5.41) is 0. The minimum Gasteiger partial charge on any atom is -0.461 e. The van der Waals surface area contributed by atoms with E-state index in [4.69, 9.17) is 4.74 Å². The van der Waals surface area contributed by atoms with Crippen molar-refractivity contribution in [3.05, 3.63) is 18.2 Å². The van der Waals surface area contributed by atoms with Gasteiger partial charge in [-0.25, -0.2) is 9.78 Å². The summed E-state index contributed by atoms with van der Waals surface area (Å²) in [5.74, 6) is 3.23. The third-order valence-corrected chi connectivity index (χ3v) is 6.03. The molecule has 4 nitrogen and oxygen atoms in total. The number of imidazole rings is 1. The van der Waals surface area contributed by atoms with Crippen LogP contribution in [0.1, 0.15) is 62.0 Å². The number of nitrogens with zero attached hydrogens (tertiary/aromatic N) is 2. The minimum absolute atomic E-state index is 0.294. The molecular formula is C17H24N2O2. The molecule has 1 aromatic rings. The Morgan fingerprint density at radius 1 is 1.24 bits per heavy atom. The van der Waals surface area contributed by atoms with Gasteiger partial charge in [0.25, 0.3) is 0 Å². The first-order chi connectivity index (χ1) is 10.3. The van der Waals surface area contributed by atoms with E-state index < -0.39 is 0 Å². The summed E-state index contributed by atoms with van der Waals surface area (Å²) < 4.78 is 7.28. The number of aromatic nitrogens is 2. The Balaban J connectivity index is 1.60. The highest BCUT2D eigenvalue weighted by atomic mass is 16.5. The van der Waals surface area contributed by atoms with Gasteiger partial charge in [0.05, 0.1) is 12.9 Å². The van der Waals surface area contributed by atoms with E-state index >= 15 is 0 Å². The van der Waals surface area contributed by atoms with Crippen LogP contribution in [0.5, 0.6) is 0 Å². The van der Waals surface area contributed by atoms with Crippen LogP contribution in [0.3, 0.4) is 0 Å². The molecule has 3 aliphatic rings. The molecule has 3 aliphatic carbocycles. The third-order valence-electron chi connectivity index (χ3n) is 6.03. The van der Waals surface area contributed by atoms with E-state index in [1.807, 2.05) is 19.4 Å². The molecule has 21 heavy (non-hydrogen) atoms. The monoisotopic (exact) mass is 288 g/mol. The molecule has 3 fully saturated rings. The standard InChI is InChI=1S/C17H24N2O2/c1-2-21-17(20)15-9-19(10-18-15)16-12-5-3-4-11-6-14(16)8-13(11)7-12/h9-14,16H,2-8H2,1H3. The van der Waals surface area contributed by atoms with Gasteiger partial charge < -0.3 is 9.30 Å². The van der Waals surface area contributed by atoms with Crippen molar-refractivity contribution in [2.45, 2.75) is 51.5 Å². The zero-order valence-electron chi connectivity index (χ0n) is 12.7. The Labute approximate surface area is 125 Å². The van der Waals surface area contributed by atoms with Gasteiger partial charge in [-0.3, -0.25) is 0 Å². The van der Waals surface area contributed by atoms with Gasteiger partial charge in [-0.2, -0.15) is 0 Å². The summed E-state index contributed by atoms with van der Waals surface area (Å²) in [6.45, 7) is 2.24. The predicted molar refractivity (Wildman–Crippen MR) is 78.9 cm³/mol. The van der Waals surface area contributed by atoms with Gasteiger partial charge in [-0.05, 0) is 56.3 Å². The summed E-state index contributed by atoms with van der Waals surface area (Å²) in [4.78, 5) is 16.1. The van der Waals surface area contributed by atoms with Crippen molar-refractivity contribution in [1.29, 1.82) is 0 Å². The molecule has 0 amide bonds. The highest BCUT2D eigenvalue weighted by Gasteiger charge is 2.48. The number of ether oxygens (including phenoxy) is 1. The number of hydrogen-bond donors (Lipinski definition) is 0. The lowest BCUT2D eigenvalue weighted by Crippen LogP contribution is -2.29.